The summed E-state index contributed by atoms with van der Waals surface area (Å²) in [6.07, 6.45) is 5.15. The first-order valence-corrected chi connectivity index (χ1v) is 10.4. The zero-order valence-corrected chi connectivity index (χ0v) is 15.8. The number of aromatic amines is 1. The monoisotopic (exact) mass is 360 g/mol. The number of anilines is 1. The lowest BCUT2D eigenvalue weighted by Gasteiger charge is -2.42. The second kappa shape index (κ2) is 7.35. The maximum absolute atomic E-state index is 4.89. The summed E-state index contributed by atoms with van der Waals surface area (Å²) >= 11 is 0. The van der Waals surface area contributed by atoms with Crippen LogP contribution in [-0.2, 0) is 0 Å². The van der Waals surface area contributed by atoms with Crippen LogP contribution in [0.5, 0.6) is 0 Å². The van der Waals surface area contributed by atoms with Crippen LogP contribution in [0.4, 0.5) is 5.69 Å². The molecule has 2 heterocycles. The fraction of sp³-hybridized carbons (Fsp3) is 0.435. The Bertz CT molecular complexity index is 847. The van der Waals surface area contributed by atoms with Crippen molar-refractivity contribution in [3.8, 4) is 0 Å². The van der Waals surface area contributed by atoms with E-state index >= 15 is 0 Å². The van der Waals surface area contributed by atoms with E-state index in [0.29, 0.717) is 12.0 Å². The third kappa shape index (κ3) is 3.46. The van der Waals surface area contributed by atoms with Gasteiger partial charge < -0.3 is 9.88 Å². The number of benzene rings is 2. The molecule has 1 saturated carbocycles. The van der Waals surface area contributed by atoms with Crippen LogP contribution in [-0.4, -0.2) is 47.1 Å². The van der Waals surface area contributed by atoms with Gasteiger partial charge >= 0.3 is 0 Å². The van der Waals surface area contributed by atoms with E-state index in [9.17, 15) is 0 Å². The highest BCUT2D eigenvalue weighted by molar-refractivity contribution is 5.74. The van der Waals surface area contributed by atoms with Crippen LogP contribution in [0.1, 0.15) is 37.4 Å². The highest BCUT2D eigenvalue weighted by Gasteiger charge is 2.31. The van der Waals surface area contributed by atoms with Crippen LogP contribution < -0.4 is 4.90 Å². The number of piperazine rings is 1. The average Bonchev–Trinajstić information content (AvgIpc) is 3.19. The van der Waals surface area contributed by atoms with Gasteiger partial charge in [0.25, 0.3) is 0 Å². The van der Waals surface area contributed by atoms with Crippen molar-refractivity contribution in [2.45, 2.75) is 37.6 Å². The van der Waals surface area contributed by atoms with Crippen LogP contribution >= 0.6 is 0 Å². The number of rotatable bonds is 3. The summed E-state index contributed by atoms with van der Waals surface area (Å²) in [5, 5.41) is 0. The second-order valence-corrected chi connectivity index (χ2v) is 8.02. The Kier molecular flexibility index (Phi) is 4.58. The normalized spacial score (nSPS) is 24.4. The van der Waals surface area contributed by atoms with Crippen molar-refractivity contribution in [1.82, 2.24) is 14.9 Å². The molecule has 1 saturated heterocycles. The van der Waals surface area contributed by atoms with Crippen LogP contribution in [0.3, 0.4) is 0 Å². The maximum atomic E-state index is 4.89. The molecule has 27 heavy (non-hydrogen) atoms. The molecule has 5 rings (SSSR count). The summed E-state index contributed by atoms with van der Waals surface area (Å²) in [5.74, 6) is 1.77. The van der Waals surface area contributed by atoms with Gasteiger partial charge in [-0.1, -0.05) is 36.8 Å². The van der Waals surface area contributed by atoms with Gasteiger partial charge in [0.2, 0.25) is 0 Å². The van der Waals surface area contributed by atoms with E-state index in [2.05, 4.69) is 69.4 Å². The number of fused-ring (bicyclic) bond motifs is 1. The van der Waals surface area contributed by atoms with Gasteiger partial charge in [0, 0.05) is 43.8 Å². The number of aromatic nitrogens is 2. The molecule has 2 fully saturated rings. The number of nitrogens with one attached hydrogen (secondary N) is 1. The molecule has 1 aromatic heterocycles. The number of hydrogen-bond acceptors (Lipinski definition) is 3. The molecule has 1 aliphatic carbocycles. The van der Waals surface area contributed by atoms with Crippen LogP contribution in [0, 0.1) is 0 Å². The first kappa shape index (κ1) is 16.8. The highest BCUT2D eigenvalue weighted by atomic mass is 15.3. The van der Waals surface area contributed by atoms with E-state index in [-0.39, 0.29) is 0 Å². The number of hydrogen-bond donors (Lipinski definition) is 1. The van der Waals surface area contributed by atoms with Gasteiger partial charge in [0.15, 0.2) is 0 Å². The summed E-state index contributed by atoms with van der Waals surface area (Å²) in [6, 6.07) is 19.9. The lowest BCUT2D eigenvalue weighted by molar-refractivity contribution is 0.137. The second-order valence-electron chi connectivity index (χ2n) is 8.02. The van der Waals surface area contributed by atoms with Crippen molar-refractivity contribution in [1.29, 1.82) is 0 Å². The Morgan fingerprint density at radius 2 is 1.63 bits per heavy atom. The average molecular weight is 361 g/mol. The van der Waals surface area contributed by atoms with Crippen LogP contribution in [0.2, 0.25) is 0 Å². The predicted molar refractivity (Wildman–Crippen MR) is 111 cm³/mol. The van der Waals surface area contributed by atoms with Crippen LogP contribution in [0.15, 0.2) is 54.6 Å². The molecule has 3 aromatic rings. The Labute approximate surface area is 161 Å². The van der Waals surface area contributed by atoms with E-state index in [1.165, 1.54) is 55.8 Å². The lowest BCUT2D eigenvalue weighted by atomic mass is 9.84. The minimum absolute atomic E-state index is 0.573. The van der Waals surface area contributed by atoms with Gasteiger partial charge in [-0.25, -0.2) is 4.98 Å². The Hall–Kier alpha value is -2.33. The van der Waals surface area contributed by atoms with Gasteiger partial charge in [-0.3, -0.25) is 4.90 Å². The van der Waals surface area contributed by atoms with Crippen molar-refractivity contribution in [3.05, 3.63) is 60.4 Å². The minimum atomic E-state index is 0.573. The Balaban J connectivity index is 1.24. The highest BCUT2D eigenvalue weighted by Crippen LogP contribution is 2.35. The molecule has 1 N–H and O–H groups in total. The van der Waals surface area contributed by atoms with E-state index in [0.717, 1.165) is 18.6 Å². The molecule has 0 spiro atoms. The summed E-state index contributed by atoms with van der Waals surface area (Å²) in [7, 11) is 0. The van der Waals surface area contributed by atoms with Crippen molar-refractivity contribution < 1.29 is 0 Å². The molecular weight excluding hydrogens is 332 g/mol. The predicted octanol–water partition coefficient (Wildman–Crippen LogP) is 4.41. The SMILES string of the molecule is c1ccc(N2CCN([C@H]3CCC[C@H](c4nc5ccccc5[nH]4)C3)CC2)cc1. The largest absolute Gasteiger partial charge is 0.369 e. The molecule has 0 unspecified atom stereocenters. The molecule has 0 amide bonds. The molecule has 4 heteroatoms. The third-order valence-corrected chi connectivity index (χ3v) is 6.39. The van der Waals surface area contributed by atoms with Gasteiger partial charge in [0.1, 0.15) is 5.82 Å². The molecular formula is C23H28N4. The lowest BCUT2D eigenvalue weighted by Crippen LogP contribution is -2.51. The number of para-hydroxylation sites is 3. The summed E-state index contributed by atoms with van der Waals surface area (Å²) in [6.45, 7) is 4.62. The first-order valence-electron chi connectivity index (χ1n) is 10.4. The Morgan fingerprint density at radius 3 is 2.44 bits per heavy atom. The quantitative estimate of drug-likeness (QED) is 0.751. The van der Waals surface area contributed by atoms with Gasteiger partial charge in [-0.2, -0.15) is 0 Å². The maximum Gasteiger partial charge on any atom is 0.110 e. The van der Waals surface area contributed by atoms with Gasteiger partial charge in [-0.05, 0) is 43.5 Å². The molecule has 4 nitrogen and oxygen atoms in total. The zero-order valence-electron chi connectivity index (χ0n) is 15.8. The number of H-pyrrole nitrogens is 1. The Morgan fingerprint density at radius 1 is 0.852 bits per heavy atom. The van der Waals surface area contributed by atoms with Crippen LogP contribution in [0.25, 0.3) is 11.0 Å². The fourth-order valence-electron chi connectivity index (χ4n) is 4.89. The first-order chi connectivity index (χ1) is 13.4. The van der Waals surface area contributed by atoms with Crippen molar-refractivity contribution >= 4 is 16.7 Å². The van der Waals surface area contributed by atoms with Crippen molar-refractivity contribution in [2.24, 2.45) is 0 Å². The summed E-state index contributed by atoms with van der Waals surface area (Å²) < 4.78 is 0. The third-order valence-electron chi connectivity index (χ3n) is 6.39. The van der Waals surface area contributed by atoms with Gasteiger partial charge in [-0.15, -0.1) is 0 Å². The molecule has 1 aliphatic heterocycles. The van der Waals surface area contributed by atoms with Gasteiger partial charge in [0.05, 0.1) is 11.0 Å². The topological polar surface area (TPSA) is 35.2 Å². The smallest absolute Gasteiger partial charge is 0.110 e. The van der Waals surface area contributed by atoms with Crippen molar-refractivity contribution in [2.75, 3.05) is 31.1 Å². The zero-order chi connectivity index (χ0) is 18.1. The minimum Gasteiger partial charge on any atom is -0.369 e. The van der Waals surface area contributed by atoms with E-state index in [1.54, 1.807) is 0 Å². The standard InChI is InChI=1S/C23H28N4/c1-2-8-19(9-3-1)26-13-15-27(16-14-26)20-10-6-7-18(17-20)23-24-21-11-4-5-12-22(21)25-23/h1-5,8-9,11-12,18,20H,6-7,10,13-17H2,(H,24,25)/t18-,20-/m0/s1. The number of nitrogens with zero attached hydrogens (tertiary/aromatic N) is 3. The van der Waals surface area contributed by atoms with E-state index < -0.39 is 0 Å². The molecule has 0 bridgehead atoms. The summed E-state index contributed by atoms with van der Waals surface area (Å²) in [4.78, 5) is 13.7. The van der Waals surface area contributed by atoms with E-state index in [1.807, 2.05) is 0 Å². The molecule has 2 aliphatic rings. The summed E-state index contributed by atoms with van der Waals surface area (Å²) in [5.41, 5.74) is 3.64. The van der Waals surface area contributed by atoms with E-state index in [4.69, 9.17) is 4.98 Å². The molecule has 140 valence electrons. The fourth-order valence-corrected chi connectivity index (χ4v) is 4.89. The molecule has 2 aromatic carbocycles. The molecule has 2 atom stereocenters. The molecule has 0 radical (unpaired) electrons. The van der Waals surface area contributed by atoms with Crippen molar-refractivity contribution in [3.63, 3.8) is 0 Å². The number of imidazole rings is 1.